The first-order valence-electron chi connectivity index (χ1n) is 5.35. The third-order valence-electron chi connectivity index (χ3n) is 2.64. The van der Waals surface area contributed by atoms with E-state index in [1.165, 1.54) is 7.11 Å². The SMILES string of the molecule is COC(=O)c1nn(-c2cc(F)c(F)cc2F)c(C)c1I. The second kappa shape index (κ2) is 5.43. The van der Waals surface area contributed by atoms with E-state index in [-0.39, 0.29) is 11.4 Å². The van der Waals surface area contributed by atoms with Gasteiger partial charge in [0.1, 0.15) is 5.69 Å². The van der Waals surface area contributed by atoms with Crippen molar-refractivity contribution in [3.8, 4) is 5.69 Å². The van der Waals surface area contributed by atoms with Gasteiger partial charge in [0.2, 0.25) is 0 Å². The fourth-order valence-electron chi connectivity index (χ4n) is 1.62. The van der Waals surface area contributed by atoms with Gasteiger partial charge in [-0.25, -0.2) is 22.6 Å². The first-order valence-corrected chi connectivity index (χ1v) is 6.43. The molecule has 106 valence electrons. The van der Waals surface area contributed by atoms with Gasteiger partial charge in [-0.15, -0.1) is 0 Å². The van der Waals surface area contributed by atoms with Crippen LogP contribution in [-0.2, 0) is 4.74 Å². The first-order chi connectivity index (χ1) is 9.36. The Kier molecular flexibility index (Phi) is 4.02. The summed E-state index contributed by atoms with van der Waals surface area (Å²) in [5, 5.41) is 3.89. The largest absolute Gasteiger partial charge is 0.464 e. The molecule has 1 aromatic heterocycles. The molecule has 0 atom stereocenters. The Labute approximate surface area is 125 Å². The minimum Gasteiger partial charge on any atom is -0.464 e. The molecular formula is C12H8F3IN2O2. The van der Waals surface area contributed by atoms with Crippen LogP contribution in [0.15, 0.2) is 12.1 Å². The van der Waals surface area contributed by atoms with Crippen LogP contribution in [0.3, 0.4) is 0 Å². The number of carbonyl (C=O) groups is 1. The molecule has 0 saturated heterocycles. The van der Waals surface area contributed by atoms with Crippen LogP contribution < -0.4 is 0 Å². The molecule has 20 heavy (non-hydrogen) atoms. The number of ether oxygens (including phenoxy) is 1. The third kappa shape index (κ3) is 2.39. The Morgan fingerprint density at radius 1 is 1.25 bits per heavy atom. The normalized spacial score (nSPS) is 10.7. The summed E-state index contributed by atoms with van der Waals surface area (Å²) in [5.41, 5.74) is 0.111. The van der Waals surface area contributed by atoms with Crippen molar-refractivity contribution in [2.24, 2.45) is 0 Å². The van der Waals surface area contributed by atoms with Crippen molar-refractivity contribution in [3.05, 3.63) is 44.5 Å². The third-order valence-corrected chi connectivity index (χ3v) is 3.93. The van der Waals surface area contributed by atoms with Crippen LogP contribution >= 0.6 is 22.6 Å². The van der Waals surface area contributed by atoms with Crippen LogP contribution in [0, 0.1) is 27.9 Å². The number of carbonyl (C=O) groups excluding carboxylic acids is 1. The van der Waals surface area contributed by atoms with E-state index in [4.69, 9.17) is 0 Å². The maximum absolute atomic E-state index is 13.7. The number of benzene rings is 1. The quantitative estimate of drug-likeness (QED) is 0.446. The lowest BCUT2D eigenvalue weighted by Gasteiger charge is -2.06. The Morgan fingerprint density at radius 2 is 1.85 bits per heavy atom. The lowest BCUT2D eigenvalue weighted by molar-refractivity contribution is 0.0592. The summed E-state index contributed by atoms with van der Waals surface area (Å²) in [6, 6.07) is 1.11. The highest BCUT2D eigenvalue weighted by molar-refractivity contribution is 14.1. The molecule has 2 aromatic rings. The zero-order chi connectivity index (χ0) is 15.0. The molecule has 2 rings (SSSR count). The molecule has 0 aliphatic heterocycles. The van der Waals surface area contributed by atoms with Gasteiger partial charge in [-0.1, -0.05) is 0 Å². The summed E-state index contributed by atoms with van der Waals surface area (Å²) in [6.07, 6.45) is 0. The van der Waals surface area contributed by atoms with Gasteiger partial charge in [-0.3, -0.25) is 0 Å². The van der Waals surface area contributed by atoms with Crippen LogP contribution in [0.5, 0.6) is 0 Å². The molecule has 0 fully saturated rings. The van der Waals surface area contributed by atoms with Gasteiger partial charge in [-0.2, -0.15) is 5.10 Å². The van der Waals surface area contributed by atoms with E-state index in [9.17, 15) is 18.0 Å². The summed E-state index contributed by atoms with van der Waals surface area (Å²) >= 11 is 1.84. The molecule has 0 amide bonds. The monoisotopic (exact) mass is 396 g/mol. The number of methoxy groups -OCH3 is 1. The molecule has 0 aliphatic rings. The van der Waals surface area contributed by atoms with E-state index in [1.807, 2.05) is 22.6 Å². The van der Waals surface area contributed by atoms with Gasteiger partial charge in [0.05, 0.1) is 16.4 Å². The van der Waals surface area contributed by atoms with E-state index < -0.39 is 23.4 Å². The Bertz CT molecular complexity index is 700. The molecule has 0 spiro atoms. The average molecular weight is 396 g/mol. The van der Waals surface area contributed by atoms with Crippen molar-refractivity contribution < 1.29 is 22.7 Å². The standard InChI is InChI=1S/C12H8F3IN2O2/c1-5-10(16)11(12(19)20-2)17-18(5)9-4-7(14)6(13)3-8(9)15/h3-4H,1-2H3. The van der Waals surface area contributed by atoms with Crippen LogP contribution in [0.2, 0.25) is 0 Å². The van der Waals surface area contributed by atoms with Gasteiger partial charge >= 0.3 is 5.97 Å². The van der Waals surface area contributed by atoms with Gasteiger partial charge in [0.25, 0.3) is 0 Å². The molecule has 0 radical (unpaired) electrons. The summed E-state index contributed by atoms with van der Waals surface area (Å²) in [7, 11) is 1.19. The van der Waals surface area contributed by atoms with Crippen molar-refractivity contribution in [1.29, 1.82) is 0 Å². The van der Waals surface area contributed by atoms with Crippen LogP contribution in [0.1, 0.15) is 16.2 Å². The zero-order valence-corrected chi connectivity index (χ0v) is 12.5. The Balaban J connectivity index is 2.65. The number of aromatic nitrogens is 2. The molecule has 1 aromatic carbocycles. The summed E-state index contributed by atoms with van der Waals surface area (Å²) < 4.78 is 45.9. The topological polar surface area (TPSA) is 44.1 Å². The van der Waals surface area contributed by atoms with Crippen molar-refractivity contribution in [1.82, 2.24) is 9.78 Å². The second-order valence-electron chi connectivity index (χ2n) is 3.87. The van der Waals surface area contributed by atoms with Gasteiger partial charge in [-0.05, 0) is 29.5 Å². The van der Waals surface area contributed by atoms with Gasteiger partial charge in [0.15, 0.2) is 23.1 Å². The smallest absolute Gasteiger partial charge is 0.359 e. The first kappa shape index (κ1) is 14.8. The molecule has 8 heteroatoms. The van der Waals surface area contributed by atoms with E-state index in [1.54, 1.807) is 6.92 Å². The van der Waals surface area contributed by atoms with E-state index in [0.29, 0.717) is 21.4 Å². The van der Waals surface area contributed by atoms with E-state index in [0.717, 1.165) is 4.68 Å². The summed E-state index contributed by atoms with van der Waals surface area (Å²) in [4.78, 5) is 11.5. The zero-order valence-electron chi connectivity index (χ0n) is 10.4. The van der Waals surface area contributed by atoms with Crippen molar-refractivity contribution >= 4 is 28.6 Å². The van der Waals surface area contributed by atoms with Crippen molar-refractivity contribution in [3.63, 3.8) is 0 Å². The van der Waals surface area contributed by atoms with E-state index in [2.05, 4.69) is 9.84 Å². The van der Waals surface area contributed by atoms with E-state index >= 15 is 0 Å². The molecule has 0 aliphatic carbocycles. The molecule has 0 N–H and O–H groups in total. The molecular weight excluding hydrogens is 388 g/mol. The highest BCUT2D eigenvalue weighted by Gasteiger charge is 2.22. The molecule has 4 nitrogen and oxygen atoms in total. The fraction of sp³-hybridized carbons (Fsp3) is 0.167. The Morgan fingerprint density at radius 3 is 2.45 bits per heavy atom. The second-order valence-corrected chi connectivity index (χ2v) is 4.95. The number of esters is 1. The number of hydrogen-bond donors (Lipinski definition) is 0. The van der Waals surface area contributed by atoms with Gasteiger partial charge in [0, 0.05) is 12.1 Å². The number of rotatable bonds is 2. The highest BCUT2D eigenvalue weighted by atomic mass is 127. The fourth-order valence-corrected chi connectivity index (χ4v) is 2.18. The maximum atomic E-state index is 13.7. The predicted molar refractivity (Wildman–Crippen MR) is 72.2 cm³/mol. The van der Waals surface area contributed by atoms with Crippen molar-refractivity contribution in [2.75, 3.05) is 7.11 Å². The maximum Gasteiger partial charge on any atom is 0.359 e. The molecule has 0 unspecified atom stereocenters. The molecule has 0 saturated carbocycles. The lowest BCUT2D eigenvalue weighted by atomic mass is 10.2. The highest BCUT2D eigenvalue weighted by Crippen LogP contribution is 2.24. The minimum absolute atomic E-state index is 0.0188. The van der Waals surface area contributed by atoms with Gasteiger partial charge < -0.3 is 4.74 Å². The summed E-state index contributed by atoms with van der Waals surface area (Å²) in [5.74, 6) is -4.17. The predicted octanol–water partition coefficient (Wildman–Crippen LogP) is 2.99. The van der Waals surface area contributed by atoms with Crippen LogP contribution in [-0.4, -0.2) is 22.9 Å². The lowest BCUT2D eigenvalue weighted by Crippen LogP contribution is -2.07. The average Bonchev–Trinajstić information content (AvgIpc) is 2.70. The number of hydrogen-bond acceptors (Lipinski definition) is 3. The number of nitrogens with zero attached hydrogens (tertiary/aromatic N) is 2. The number of halogens is 4. The molecule has 0 bridgehead atoms. The van der Waals surface area contributed by atoms with Crippen LogP contribution in [0.25, 0.3) is 5.69 Å². The van der Waals surface area contributed by atoms with Crippen molar-refractivity contribution in [2.45, 2.75) is 6.92 Å². The van der Waals surface area contributed by atoms with Crippen LogP contribution in [0.4, 0.5) is 13.2 Å². The Hall–Kier alpha value is -1.58. The summed E-state index contributed by atoms with van der Waals surface area (Å²) in [6.45, 7) is 1.57. The minimum atomic E-state index is -1.29. The molecule has 1 heterocycles.